The van der Waals surface area contributed by atoms with Gasteiger partial charge in [0.15, 0.2) is 0 Å². The number of hydrogen-bond donors (Lipinski definition) is 1. The summed E-state index contributed by atoms with van der Waals surface area (Å²) in [6, 6.07) is 0.356. The molecule has 4 nitrogen and oxygen atoms in total. The van der Waals surface area contributed by atoms with E-state index >= 15 is 0 Å². The van der Waals surface area contributed by atoms with Crippen molar-refractivity contribution in [3.8, 4) is 0 Å². The monoisotopic (exact) mass is 241 g/mol. The minimum Gasteiger partial charge on any atom is -0.466 e. The summed E-state index contributed by atoms with van der Waals surface area (Å²) in [5.74, 6) is 0.351. The molecule has 0 unspecified atom stereocenters. The molecule has 0 aromatic rings. The van der Waals surface area contributed by atoms with Crippen LogP contribution in [0.25, 0.3) is 0 Å². The quantitative estimate of drug-likeness (QED) is 0.561. The molecule has 17 heavy (non-hydrogen) atoms. The van der Waals surface area contributed by atoms with Gasteiger partial charge in [-0.3, -0.25) is 4.79 Å². The molecular formula is C12H24BNO3. The summed E-state index contributed by atoms with van der Waals surface area (Å²) in [5.41, 5.74) is -0.337. The molecule has 98 valence electrons. The van der Waals surface area contributed by atoms with Gasteiger partial charge in [0.25, 0.3) is 0 Å². The minimum absolute atomic E-state index is 0.0476. The molecule has 0 heterocycles. The molecule has 1 fully saturated rings. The summed E-state index contributed by atoms with van der Waals surface area (Å²) in [4.78, 5) is 12.1. The zero-order valence-corrected chi connectivity index (χ0v) is 11.4. The highest BCUT2D eigenvalue weighted by atomic mass is 16.5. The number of carbonyl (C=O) groups is 1. The third-order valence-electron chi connectivity index (χ3n) is 3.89. The lowest BCUT2D eigenvalue weighted by Crippen LogP contribution is -2.35. The van der Waals surface area contributed by atoms with E-state index in [1.165, 1.54) is 0 Å². The number of rotatable bonds is 6. The van der Waals surface area contributed by atoms with Gasteiger partial charge in [0.2, 0.25) is 0 Å². The predicted octanol–water partition coefficient (Wildman–Crippen LogP) is 1.25. The van der Waals surface area contributed by atoms with Gasteiger partial charge in [-0.25, -0.2) is 0 Å². The van der Waals surface area contributed by atoms with Crippen molar-refractivity contribution in [1.82, 2.24) is 5.23 Å². The molecule has 1 rings (SSSR count). The fourth-order valence-corrected chi connectivity index (χ4v) is 2.89. The van der Waals surface area contributed by atoms with Crippen molar-refractivity contribution in [2.75, 3.05) is 13.7 Å². The Morgan fingerprint density at radius 2 is 2.24 bits per heavy atom. The smallest absolute Gasteiger partial charge is 0.360 e. The predicted molar refractivity (Wildman–Crippen MR) is 68.8 cm³/mol. The highest BCUT2D eigenvalue weighted by molar-refractivity contribution is 6.23. The Balaban J connectivity index is 2.66. The highest BCUT2D eigenvalue weighted by Gasteiger charge is 2.48. The summed E-state index contributed by atoms with van der Waals surface area (Å²) in [6.07, 6.45) is 2.88. The van der Waals surface area contributed by atoms with Crippen molar-refractivity contribution in [1.29, 1.82) is 0 Å². The van der Waals surface area contributed by atoms with Crippen LogP contribution in [0.5, 0.6) is 0 Å². The summed E-state index contributed by atoms with van der Waals surface area (Å²) in [5, 5.41) is 3.32. The van der Waals surface area contributed by atoms with Gasteiger partial charge in [0.05, 0.1) is 12.0 Å². The maximum absolute atomic E-state index is 12.1. The zero-order chi connectivity index (χ0) is 12.9. The van der Waals surface area contributed by atoms with Crippen molar-refractivity contribution in [2.45, 2.75) is 46.1 Å². The number of esters is 1. The molecule has 1 aliphatic carbocycles. The zero-order valence-electron chi connectivity index (χ0n) is 11.4. The fraction of sp³-hybridized carbons (Fsp3) is 0.917. The van der Waals surface area contributed by atoms with Gasteiger partial charge in [-0.2, -0.15) is 0 Å². The second-order valence-electron chi connectivity index (χ2n) is 5.02. The second-order valence-corrected chi connectivity index (χ2v) is 5.02. The Bertz CT molecular complexity index is 262. The molecule has 1 N–H and O–H groups in total. The van der Waals surface area contributed by atoms with Gasteiger partial charge in [-0.05, 0) is 38.6 Å². The molecule has 3 atom stereocenters. The van der Waals surface area contributed by atoms with Crippen molar-refractivity contribution in [3.05, 3.63) is 0 Å². The molecule has 0 radical (unpaired) electrons. The lowest BCUT2D eigenvalue weighted by Gasteiger charge is -2.28. The van der Waals surface area contributed by atoms with Crippen LogP contribution in [-0.2, 0) is 14.2 Å². The fourth-order valence-electron chi connectivity index (χ4n) is 2.89. The molecule has 0 aromatic heterocycles. The molecule has 1 aliphatic rings. The van der Waals surface area contributed by atoms with Crippen LogP contribution in [0.1, 0.15) is 40.0 Å². The van der Waals surface area contributed by atoms with Crippen LogP contribution in [0.2, 0.25) is 0 Å². The molecule has 0 bridgehead atoms. The van der Waals surface area contributed by atoms with Crippen molar-refractivity contribution < 1.29 is 14.2 Å². The largest absolute Gasteiger partial charge is 0.466 e. The summed E-state index contributed by atoms with van der Waals surface area (Å²) >= 11 is 0. The second kappa shape index (κ2) is 6.40. The lowest BCUT2D eigenvalue weighted by molar-refractivity contribution is -0.156. The first-order chi connectivity index (χ1) is 8.08. The molecule has 0 amide bonds. The molecule has 5 heteroatoms. The standard InChI is InChI=1S/C12H24BNO3/c1-5-9-7-10(14-13-16-4)8-12(9,3)11(15)17-6-2/h9-10,13-14H,5-8H2,1-4H3/t9-,10+,12-/m0/s1. The minimum atomic E-state index is -0.337. The molecule has 1 saturated carbocycles. The van der Waals surface area contributed by atoms with E-state index in [0.29, 0.717) is 26.2 Å². The van der Waals surface area contributed by atoms with E-state index in [9.17, 15) is 4.79 Å². The van der Waals surface area contributed by atoms with E-state index < -0.39 is 0 Å². The Hall–Kier alpha value is -0.545. The van der Waals surface area contributed by atoms with Gasteiger partial charge in [-0.1, -0.05) is 13.3 Å². The van der Waals surface area contributed by atoms with E-state index in [1.54, 1.807) is 7.11 Å². The summed E-state index contributed by atoms with van der Waals surface area (Å²) in [6.45, 7) is 6.49. The van der Waals surface area contributed by atoms with Crippen LogP contribution in [0, 0.1) is 11.3 Å². The molecule has 0 saturated heterocycles. The van der Waals surface area contributed by atoms with Crippen LogP contribution in [0.15, 0.2) is 0 Å². The van der Waals surface area contributed by atoms with Crippen LogP contribution >= 0.6 is 0 Å². The third kappa shape index (κ3) is 3.22. The number of hydrogen-bond acceptors (Lipinski definition) is 4. The molecular weight excluding hydrogens is 217 g/mol. The Kier molecular flexibility index (Phi) is 5.47. The van der Waals surface area contributed by atoms with Crippen LogP contribution < -0.4 is 5.23 Å². The van der Waals surface area contributed by atoms with Crippen LogP contribution in [0.4, 0.5) is 0 Å². The maximum Gasteiger partial charge on any atom is 0.360 e. The van der Waals surface area contributed by atoms with Crippen molar-refractivity contribution in [2.24, 2.45) is 11.3 Å². The Morgan fingerprint density at radius 1 is 1.53 bits per heavy atom. The highest BCUT2D eigenvalue weighted by Crippen LogP contribution is 2.45. The average Bonchev–Trinajstić information content (AvgIpc) is 2.65. The van der Waals surface area contributed by atoms with Gasteiger partial charge >= 0.3 is 13.6 Å². The normalized spacial score (nSPS) is 32.5. The first kappa shape index (κ1) is 14.5. The average molecular weight is 241 g/mol. The first-order valence-corrected chi connectivity index (χ1v) is 6.48. The summed E-state index contributed by atoms with van der Waals surface area (Å²) < 4.78 is 10.2. The van der Waals surface area contributed by atoms with E-state index in [1.807, 2.05) is 13.8 Å². The number of nitrogens with one attached hydrogen (secondary N) is 1. The van der Waals surface area contributed by atoms with E-state index in [4.69, 9.17) is 9.39 Å². The topological polar surface area (TPSA) is 47.6 Å². The van der Waals surface area contributed by atoms with Crippen molar-refractivity contribution in [3.63, 3.8) is 0 Å². The van der Waals surface area contributed by atoms with Gasteiger partial charge in [0.1, 0.15) is 0 Å². The third-order valence-corrected chi connectivity index (χ3v) is 3.89. The van der Waals surface area contributed by atoms with Crippen LogP contribution in [-0.4, -0.2) is 33.3 Å². The SMILES string of the molecule is CCOC(=O)[C@@]1(C)C[C@H](NBOC)C[C@@H]1CC. The maximum atomic E-state index is 12.1. The molecule has 0 aromatic carbocycles. The lowest BCUT2D eigenvalue weighted by atomic mass is 9.78. The Labute approximate surface area is 105 Å². The van der Waals surface area contributed by atoms with Gasteiger partial charge in [-0.15, -0.1) is 0 Å². The van der Waals surface area contributed by atoms with E-state index in [-0.39, 0.29) is 11.4 Å². The van der Waals surface area contributed by atoms with E-state index in [0.717, 1.165) is 19.3 Å². The first-order valence-electron chi connectivity index (χ1n) is 6.48. The number of carbonyl (C=O) groups excluding carboxylic acids is 1. The van der Waals surface area contributed by atoms with Gasteiger partial charge < -0.3 is 14.6 Å². The van der Waals surface area contributed by atoms with E-state index in [2.05, 4.69) is 12.2 Å². The van der Waals surface area contributed by atoms with Crippen molar-refractivity contribution >= 4 is 13.6 Å². The summed E-state index contributed by atoms with van der Waals surface area (Å²) in [7, 11) is 2.21. The Morgan fingerprint density at radius 3 is 2.76 bits per heavy atom. The number of ether oxygens (including phenoxy) is 1. The van der Waals surface area contributed by atoms with Gasteiger partial charge in [0, 0.05) is 7.11 Å². The van der Waals surface area contributed by atoms with Crippen LogP contribution in [0.3, 0.4) is 0 Å². The molecule has 0 aliphatic heterocycles. The molecule has 0 spiro atoms.